The van der Waals surface area contributed by atoms with Crippen LogP contribution in [0.4, 0.5) is 17.1 Å². The second-order valence-electron chi connectivity index (χ2n) is 7.79. The Morgan fingerprint density at radius 3 is 2.34 bits per heavy atom. The Morgan fingerprint density at radius 2 is 1.72 bits per heavy atom. The first kappa shape index (κ1) is 20.8. The van der Waals surface area contributed by atoms with Gasteiger partial charge in [-0.3, -0.25) is 19.8 Å². The second-order valence-corrected chi connectivity index (χ2v) is 7.79. The fourth-order valence-electron chi connectivity index (χ4n) is 3.44. The number of nitro groups is 1. The van der Waals surface area contributed by atoms with E-state index in [-0.39, 0.29) is 11.6 Å². The number of rotatable bonds is 7. The van der Waals surface area contributed by atoms with Crippen molar-refractivity contribution in [2.75, 3.05) is 42.9 Å². The van der Waals surface area contributed by atoms with Gasteiger partial charge in [0.15, 0.2) is 0 Å². The molecule has 0 spiro atoms. The molecule has 0 aromatic heterocycles. The van der Waals surface area contributed by atoms with Crippen LogP contribution in [0.2, 0.25) is 0 Å². The van der Waals surface area contributed by atoms with Crippen molar-refractivity contribution in [2.24, 2.45) is 5.92 Å². The zero-order valence-corrected chi connectivity index (χ0v) is 17.0. The third kappa shape index (κ3) is 5.54. The third-order valence-electron chi connectivity index (χ3n) is 5.23. The lowest BCUT2D eigenvalue weighted by Gasteiger charge is -2.37. The highest BCUT2D eigenvalue weighted by Gasteiger charge is 2.20. The number of para-hydroxylation sites is 2. The Labute approximate surface area is 171 Å². The van der Waals surface area contributed by atoms with Crippen LogP contribution in [0, 0.1) is 16.0 Å². The largest absolute Gasteiger partial charge is 0.367 e. The number of carbonyl (C=O) groups is 1. The van der Waals surface area contributed by atoms with Crippen molar-refractivity contribution < 1.29 is 9.72 Å². The summed E-state index contributed by atoms with van der Waals surface area (Å²) in [5.41, 5.74) is 2.12. The van der Waals surface area contributed by atoms with Crippen molar-refractivity contribution >= 4 is 23.0 Å². The Kier molecular flexibility index (Phi) is 6.82. The summed E-state index contributed by atoms with van der Waals surface area (Å²) in [5.74, 6) is 0.436. The van der Waals surface area contributed by atoms with Crippen molar-refractivity contribution in [1.29, 1.82) is 0 Å². The van der Waals surface area contributed by atoms with Gasteiger partial charge in [-0.25, -0.2) is 0 Å². The molecule has 0 saturated carbocycles. The minimum atomic E-state index is -0.474. The van der Waals surface area contributed by atoms with Crippen molar-refractivity contribution in [3.8, 4) is 0 Å². The van der Waals surface area contributed by atoms with Gasteiger partial charge in [-0.15, -0.1) is 0 Å². The molecule has 7 heteroatoms. The number of amides is 1. The van der Waals surface area contributed by atoms with Crippen LogP contribution in [-0.2, 0) is 0 Å². The highest BCUT2D eigenvalue weighted by atomic mass is 16.6. The molecule has 0 unspecified atom stereocenters. The number of non-ortho nitro benzene ring substituents is 1. The molecule has 3 rings (SSSR count). The zero-order valence-electron chi connectivity index (χ0n) is 17.0. The van der Waals surface area contributed by atoms with E-state index in [2.05, 4.69) is 29.0 Å². The van der Waals surface area contributed by atoms with Gasteiger partial charge in [-0.1, -0.05) is 26.0 Å². The van der Waals surface area contributed by atoms with Crippen LogP contribution < -0.4 is 10.2 Å². The molecule has 1 fully saturated rings. The molecule has 29 heavy (non-hydrogen) atoms. The van der Waals surface area contributed by atoms with Gasteiger partial charge in [0.1, 0.15) is 0 Å². The number of hydrogen-bond acceptors (Lipinski definition) is 5. The fraction of sp³-hybridized carbons (Fsp3) is 0.409. The molecular weight excluding hydrogens is 368 g/mol. The van der Waals surface area contributed by atoms with E-state index < -0.39 is 4.92 Å². The van der Waals surface area contributed by atoms with Gasteiger partial charge in [0.05, 0.1) is 16.3 Å². The van der Waals surface area contributed by atoms with Gasteiger partial charge in [-0.2, -0.15) is 0 Å². The normalized spacial score (nSPS) is 14.8. The summed E-state index contributed by atoms with van der Waals surface area (Å²) in [6, 6.07) is 13.4. The Balaban J connectivity index is 1.65. The molecule has 154 valence electrons. The Morgan fingerprint density at radius 1 is 1.07 bits per heavy atom. The lowest BCUT2D eigenvalue weighted by molar-refractivity contribution is -0.384. The molecule has 1 N–H and O–H groups in total. The Hall–Kier alpha value is -2.93. The Bertz CT molecular complexity index is 843. The van der Waals surface area contributed by atoms with Gasteiger partial charge in [-0.05, 0) is 43.1 Å². The smallest absolute Gasteiger partial charge is 0.269 e. The zero-order chi connectivity index (χ0) is 20.8. The molecule has 1 amide bonds. The van der Waals surface area contributed by atoms with E-state index >= 15 is 0 Å². The monoisotopic (exact) mass is 396 g/mol. The fourth-order valence-corrected chi connectivity index (χ4v) is 3.44. The van der Waals surface area contributed by atoms with Crippen LogP contribution in [0.1, 0.15) is 30.6 Å². The molecule has 0 bridgehead atoms. The van der Waals surface area contributed by atoms with Crippen molar-refractivity contribution in [2.45, 2.75) is 20.3 Å². The molecule has 1 aliphatic heterocycles. The van der Waals surface area contributed by atoms with Gasteiger partial charge >= 0.3 is 0 Å². The maximum Gasteiger partial charge on any atom is 0.269 e. The first-order chi connectivity index (χ1) is 13.9. The lowest BCUT2D eigenvalue weighted by Crippen LogP contribution is -2.47. The van der Waals surface area contributed by atoms with E-state index in [0.717, 1.165) is 44.1 Å². The minimum Gasteiger partial charge on any atom is -0.367 e. The number of nitrogens with zero attached hydrogens (tertiary/aromatic N) is 3. The highest BCUT2D eigenvalue weighted by Crippen LogP contribution is 2.27. The van der Waals surface area contributed by atoms with Gasteiger partial charge in [0.2, 0.25) is 0 Å². The van der Waals surface area contributed by atoms with Crippen molar-refractivity contribution in [3.63, 3.8) is 0 Å². The van der Waals surface area contributed by atoms with E-state index in [4.69, 9.17) is 0 Å². The summed E-state index contributed by atoms with van der Waals surface area (Å²) >= 11 is 0. The standard InChI is InChI=1S/C22H28N4O3/c1-17(2)11-12-24-13-15-25(16-14-24)21-6-4-3-5-20(21)23-22(27)18-7-9-19(10-8-18)26(28)29/h3-10,17H,11-16H2,1-2H3,(H,23,27). The summed E-state index contributed by atoms with van der Waals surface area (Å²) in [6.45, 7) is 9.49. The second kappa shape index (κ2) is 9.52. The number of carbonyl (C=O) groups excluding carboxylic acids is 1. The van der Waals surface area contributed by atoms with Gasteiger partial charge in [0.25, 0.3) is 11.6 Å². The first-order valence-electron chi connectivity index (χ1n) is 10.1. The van der Waals surface area contributed by atoms with E-state index in [0.29, 0.717) is 11.5 Å². The number of piperazine rings is 1. The molecule has 2 aromatic rings. The van der Waals surface area contributed by atoms with Crippen LogP contribution in [0.25, 0.3) is 0 Å². The average Bonchev–Trinajstić information content (AvgIpc) is 2.73. The number of anilines is 2. The summed E-state index contributed by atoms with van der Waals surface area (Å²) in [5, 5.41) is 13.7. The van der Waals surface area contributed by atoms with E-state index in [9.17, 15) is 14.9 Å². The predicted molar refractivity (Wildman–Crippen MR) is 116 cm³/mol. The van der Waals surface area contributed by atoms with Crippen LogP contribution in [0.15, 0.2) is 48.5 Å². The molecule has 0 radical (unpaired) electrons. The number of hydrogen-bond donors (Lipinski definition) is 1. The lowest BCUT2D eigenvalue weighted by atomic mass is 10.1. The SMILES string of the molecule is CC(C)CCN1CCN(c2ccccc2NC(=O)c2ccc([N+](=O)[O-])cc2)CC1. The van der Waals surface area contributed by atoms with E-state index in [1.54, 1.807) is 0 Å². The van der Waals surface area contributed by atoms with E-state index in [1.807, 2.05) is 24.3 Å². The minimum absolute atomic E-state index is 0.0303. The topological polar surface area (TPSA) is 78.7 Å². The van der Waals surface area contributed by atoms with Crippen molar-refractivity contribution in [3.05, 3.63) is 64.2 Å². The maximum atomic E-state index is 12.6. The van der Waals surface area contributed by atoms with Crippen molar-refractivity contribution in [1.82, 2.24) is 4.90 Å². The predicted octanol–water partition coefficient (Wildman–Crippen LogP) is 4.02. The molecule has 0 atom stereocenters. The van der Waals surface area contributed by atoms with Crippen LogP contribution in [0.3, 0.4) is 0 Å². The van der Waals surface area contributed by atoms with Crippen LogP contribution in [-0.4, -0.2) is 48.5 Å². The summed E-state index contributed by atoms with van der Waals surface area (Å²) < 4.78 is 0. The maximum absolute atomic E-state index is 12.6. The number of nitrogens with one attached hydrogen (secondary N) is 1. The molecule has 7 nitrogen and oxygen atoms in total. The van der Waals surface area contributed by atoms with Crippen LogP contribution >= 0.6 is 0 Å². The first-order valence-corrected chi connectivity index (χ1v) is 10.1. The number of benzene rings is 2. The highest BCUT2D eigenvalue weighted by molar-refractivity contribution is 6.06. The average molecular weight is 396 g/mol. The van der Waals surface area contributed by atoms with Crippen LogP contribution in [0.5, 0.6) is 0 Å². The molecule has 2 aromatic carbocycles. The molecule has 1 heterocycles. The van der Waals surface area contributed by atoms with Gasteiger partial charge in [0, 0.05) is 43.9 Å². The molecule has 1 saturated heterocycles. The third-order valence-corrected chi connectivity index (χ3v) is 5.23. The number of nitro benzene ring substituents is 1. The summed E-state index contributed by atoms with van der Waals surface area (Å²) in [6.07, 6.45) is 1.21. The van der Waals surface area contributed by atoms with E-state index in [1.165, 1.54) is 30.7 Å². The molecule has 1 aliphatic rings. The molecule has 0 aliphatic carbocycles. The summed E-state index contributed by atoms with van der Waals surface area (Å²) in [4.78, 5) is 27.7. The molecular formula is C22H28N4O3. The van der Waals surface area contributed by atoms with Gasteiger partial charge < -0.3 is 10.2 Å². The summed E-state index contributed by atoms with van der Waals surface area (Å²) in [7, 11) is 0. The quantitative estimate of drug-likeness (QED) is 0.565.